The third kappa shape index (κ3) is 2.38. The Balaban J connectivity index is 1.86. The van der Waals surface area contributed by atoms with Gasteiger partial charge in [0, 0.05) is 6.04 Å². The van der Waals surface area contributed by atoms with Gasteiger partial charge in [0.25, 0.3) is 0 Å². The number of rotatable bonds is 4. The summed E-state index contributed by atoms with van der Waals surface area (Å²) in [6, 6.07) is 4.24. The molecule has 1 heterocycles. The number of hydrogen-bond donors (Lipinski definition) is 1. The molecule has 1 aliphatic rings. The number of anilines is 1. The number of halogens is 1. The molecule has 0 saturated heterocycles. The maximum absolute atomic E-state index is 6.23. The summed E-state index contributed by atoms with van der Waals surface area (Å²) in [5, 5.41) is 4.21. The van der Waals surface area contributed by atoms with E-state index in [0.29, 0.717) is 6.04 Å². The quantitative estimate of drug-likeness (QED) is 0.912. The summed E-state index contributed by atoms with van der Waals surface area (Å²) >= 11 is 7.46. The molecule has 3 rings (SSSR count). The fourth-order valence-electron chi connectivity index (χ4n) is 2.12. The van der Waals surface area contributed by atoms with E-state index in [1.807, 2.05) is 12.1 Å². The van der Waals surface area contributed by atoms with Crippen LogP contribution < -0.4 is 5.32 Å². The second kappa shape index (κ2) is 4.42. The van der Waals surface area contributed by atoms with Gasteiger partial charge in [0.1, 0.15) is 11.0 Å². The maximum Gasteiger partial charge on any atom is 0.129 e. The van der Waals surface area contributed by atoms with Crippen molar-refractivity contribution in [3.05, 3.63) is 17.2 Å². The van der Waals surface area contributed by atoms with Gasteiger partial charge in [0.05, 0.1) is 22.4 Å². The number of nitrogens with one attached hydrogen (secondary N) is 1. The Kier molecular flexibility index (Phi) is 2.92. The zero-order chi connectivity index (χ0) is 11.8. The Morgan fingerprint density at radius 3 is 3.06 bits per heavy atom. The van der Waals surface area contributed by atoms with Crippen molar-refractivity contribution in [1.82, 2.24) is 8.75 Å². The van der Waals surface area contributed by atoms with Gasteiger partial charge in [0.2, 0.25) is 0 Å². The zero-order valence-electron chi connectivity index (χ0n) is 9.61. The van der Waals surface area contributed by atoms with Crippen LogP contribution >= 0.6 is 23.3 Å². The highest BCUT2D eigenvalue weighted by Crippen LogP contribution is 2.36. The van der Waals surface area contributed by atoms with E-state index in [2.05, 4.69) is 21.0 Å². The Morgan fingerprint density at radius 1 is 1.47 bits per heavy atom. The number of hydrogen-bond acceptors (Lipinski definition) is 4. The van der Waals surface area contributed by atoms with Gasteiger partial charge in [-0.15, -0.1) is 0 Å². The van der Waals surface area contributed by atoms with E-state index in [-0.39, 0.29) is 0 Å². The van der Waals surface area contributed by atoms with Crippen molar-refractivity contribution in [2.45, 2.75) is 32.2 Å². The first-order chi connectivity index (χ1) is 8.24. The van der Waals surface area contributed by atoms with Gasteiger partial charge in [-0.2, -0.15) is 8.75 Å². The van der Waals surface area contributed by atoms with E-state index in [1.54, 1.807) is 0 Å². The van der Waals surface area contributed by atoms with E-state index in [1.165, 1.54) is 31.0 Å². The third-order valence-corrected chi connectivity index (χ3v) is 4.01. The van der Waals surface area contributed by atoms with Crippen molar-refractivity contribution < 1.29 is 0 Å². The van der Waals surface area contributed by atoms with Crippen LogP contribution in [0, 0.1) is 5.92 Å². The Labute approximate surface area is 110 Å². The Hall–Kier alpha value is -0.870. The molecule has 2 aromatic rings. The molecule has 0 bridgehead atoms. The summed E-state index contributed by atoms with van der Waals surface area (Å²) in [4.78, 5) is 0. The van der Waals surface area contributed by atoms with Crippen LogP contribution in [0.3, 0.4) is 0 Å². The van der Waals surface area contributed by atoms with E-state index < -0.39 is 0 Å². The molecule has 0 radical (unpaired) electrons. The first-order valence-corrected chi connectivity index (χ1v) is 7.02. The molecule has 1 aliphatic carbocycles. The molecule has 3 nitrogen and oxygen atoms in total. The molecule has 1 unspecified atom stereocenters. The lowest BCUT2D eigenvalue weighted by molar-refractivity contribution is 0.643. The third-order valence-electron chi connectivity index (χ3n) is 3.15. The first-order valence-electron chi connectivity index (χ1n) is 5.91. The summed E-state index contributed by atoms with van der Waals surface area (Å²) in [5.74, 6) is 0.907. The van der Waals surface area contributed by atoms with Crippen LogP contribution in [-0.2, 0) is 0 Å². The Morgan fingerprint density at radius 2 is 2.29 bits per heavy atom. The molecule has 1 N–H and O–H groups in total. The van der Waals surface area contributed by atoms with Crippen molar-refractivity contribution in [3.8, 4) is 0 Å². The second-order valence-corrected chi connectivity index (χ2v) is 5.71. The van der Waals surface area contributed by atoms with Crippen LogP contribution in [0.2, 0.25) is 5.02 Å². The SMILES string of the molecule is CC(CC1CC1)Nc1c(Cl)ccc2nsnc12. The number of aromatic nitrogens is 2. The fraction of sp³-hybridized carbons (Fsp3) is 0.500. The molecule has 17 heavy (non-hydrogen) atoms. The molecule has 0 amide bonds. The van der Waals surface area contributed by atoms with Crippen LogP contribution in [0.1, 0.15) is 26.2 Å². The number of fused-ring (bicyclic) bond motifs is 1. The molecule has 90 valence electrons. The minimum Gasteiger partial charge on any atom is -0.380 e. The normalized spacial score (nSPS) is 17.3. The number of benzene rings is 1. The van der Waals surface area contributed by atoms with Crippen molar-refractivity contribution in [1.29, 1.82) is 0 Å². The lowest BCUT2D eigenvalue weighted by Crippen LogP contribution is -2.16. The summed E-state index contributed by atoms with van der Waals surface area (Å²) in [5.41, 5.74) is 2.75. The molecule has 0 aliphatic heterocycles. The lowest BCUT2D eigenvalue weighted by Gasteiger charge is -2.16. The predicted octanol–water partition coefficient (Wildman–Crippen LogP) is 3.95. The fourth-order valence-corrected chi connectivity index (χ4v) is 2.87. The molecular weight excluding hydrogens is 254 g/mol. The van der Waals surface area contributed by atoms with E-state index in [0.717, 1.165) is 27.7 Å². The van der Waals surface area contributed by atoms with Crippen LogP contribution in [0.5, 0.6) is 0 Å². The van der Waals surface area contributed by atoms with Crippen molar-refractivity contribution in [3.63, 3.8) is 0 Å². The Bertz CT molecular complexity index is 536. The highest BCUT2D eigenvalue weighted by atomic mass is 35.5. The highest BCUT2D eigenvalue weighted by molar-refractivity contribution is 7.00. The van der Waals surface area contributed by atoms with Gasteiger partial charge in [-0.1, -0.05) is 24.4 Å². The van der Waals surface area contributed by atoms with E-state index in [9.17, 15) is 0 Å². The summed E-state index contributed by atoms with van der Waals surface area (Å²) < 4.78 is 8.54. The summed E-state index contributed by atoms with van der Waals surface area (Å²) in [7, 11) is 0. The maximum atomic E-state index is 6.23. The second-order valence-electron chi connectivity index (χ2n) is 4.78. The van der Waals surface area contributed by atoms with E-state index >= 15 is 0 Å². The molecular formula is C12H14ClN3S. The average Bonchev–Trinajstić information content (AvgIpc) is 2.96. The van der Waals surface area contributed by atoms with Crippen LogP contribution in [0.25, 0.3) is 11.0 Å². The van der Waals surface area contributed by atoms with Gasteiger partial charge in [-0.25, -0.2) is 0 Å². The topological polar surface area (TPSA) is 37.8 Å². The van der Waals surface area contributed by atoms with Gasteiger partial charge in [-0.05, 0) is 31.4 Å². The van der Waals surface area contributed by atoms with Crippen molar-refractivity contribution in [2.24, 2.45) is 5.92 Å². The minimum absolute atomic E-state index is 0.437. The number of nitrogens with zero attached hydrogens (tertiary/aromatic N) is 2. The van der Waals surface area contributed by atoms with Gasteiger partial charge < -0.3 is 5.32 Å². The molecule has 1 aromatic heterocycles. The van der Waals surface area contributed by atoms with Crippen molar-refractivity contribution in [2.75, 3.05) is 5.32 Å². The lowest BCUT2D eigenvalue weighted by atomic mass is 10.1. The monoisotopic (exact) mass is 267 g/mol. The molecule has 1 atom stereocenters. The highest BCUT2D eigenvalue weighted by Gasteiger charge is 2.24. The molecule has 1 aromatic carbocycles. The molecule has 0 spiro atoms. The molecule has 1 saturated carbocycles. The van der Waals surface area contributed by atoms with Gasteiger partial charge in [0.15, 0.2) is 0 Å². The van der Waals surface area contributed by atoms with Crippen LogP contribution in [0.4, 0.5) is 5.69 Å². The first kappa shape index (κ1) is 11.2. The van der Waals surface area contributed by atoms with Crippen LogP contribution in [0.15, 0.2) is 12.1 Å². The van der Waals surface area contributed by atoms with Crippen molar-refractivity contribution >= 4 is 40.0 Å². The van der Waals surface area contributed by atoms with E-state index in [4.69, 9.17) is 11.6 Å². The zero-order valence-corrected chi connectivity index (χ0v) is 11.2. The largest absolute Gasteiger partial charge is 0.380 e. The molecule has 5 heteroatoms. The average molecular weight is 268 g/mol. The van der Waals surface area contributed by atoms with Gasteiger partial charge >= 0.3 is 0 Å². The summed E-state index contributed by atoms with van der Waals surface area (Å²) in [6.45, 7) is 2.20. The minimum atomic E-state index is 0.437. The standard InChI is InChI=1S/C12H14ClN3S/c1-7(6-8-2-3-8)14-11-9(13)4-5-10-12(11)16-17-15-10/h4-5,7-8,14H,2-3,6H2,1H3. The predicted molar refractivity (Wildman–Crippen MR) is 72.9 cm³/mol. The smallest absolute Gasteiger partial charge is 0.129 e. The summed E-state index contributed by atoms with van der Waals surface area (Å²) in [6.07, 6.45) is 3.97. The van der Waals surface area contributed by atoms with Gasteiger partial charge in [-0.3, -0.25) is 0 Å². The molecule has 1 fully saturated rings. The van der Waals surface area contributed by atoms with Crippen LogP contribution in [-0.4, -0.2) is 14.8 Å².